The second kappa shape index (κ2) is 6.26. The Morgan fingerprint density at radius 1 is 1.23 bits per heavy atom. The maximum Gasteiger partial charge on any atom is 0.137 e. The van der Waals surface area contributed by atoms with Gasteiger partial charge in [0.1, 0.15) is 12.7 Å². The van der Waals surface area contributed by atoms with Gasteiger partial charge in [-0.3, -0.25) is 14.5 Å². The van der Waals surface area contributed by atoms with Crippen molar-refractivity contribution in [3.05, 3.63) is 12.7 Å². The SMILES string of the molecule is CN1[C@@H](Cn2cncn2)C[C@H]2CN(C3CCOCC3)CC[C@H]21. The van der Waals surface area contributed by atoms with Crippen molar-refractivity contribution < 1.29 is 4.74 Å². The summed E-state index contributed by atoms with van der Waals surface area (Å²) in [4.78, 5) is 9.42. The fraction of sp³-hybridized carbons (Fsp3) is 0.875. The predicted molar refractivity (Wildman–Crippen MR) is 83.5 cm³/mol. The minimum atomic E-state index is 0.603. The van der Waals surface area contributed by atoms with Gasteiger partial charge in [0.2, 0.25) is 0 Å². The number of nitrogens with zero attached hydrogens (tertiary/aromatic N) is 5. The lowest BCUT2D eigenvalue weighted by Crippen LogP contribution is -2.50. The smallest absolute Gasteiger partial charge is 0.137 e. The molecule has 1 aromatic rings. The van der Waals surface area contributed by atoms with E-state index in [1.807, 2.05) is 11.0 Å². The number of hydrogen-bond donors (Lipinski definition) is 0. The third-order valence-corrected chi connectivity index (χ3v) is 5.97. The summed E-state index contributed by atoms with van der Waals surface area (Å²) in [7, 11) is 2.30. The molecule has 1 aromatic heterocycles. The number of ether oxygens (including phenoxy) is 1. The molecule has 0 aliphatic carbocycles. The third kappa shape index (κ3) is 2.79. The fourth-order valence-electron chi connectivity index (χ4n) is 4.73. The van der Waals surface area contributed by atoms with Crippen LogP contribution in [0.4, 0.5) is 0 Å². The van der Waals surface area contributed by atoms with Crippen molar-refractivity contribution in [1.82, 2.24) is 24.6 Å². The molecule has 0 amide bonds. The summed E-state index contributed by atoms with van der Waals surface area (Å²) in [6.45, 7) is 5.40. The van der Waals surface area contributed by atoms with Crippen LogP contribution in [0, 0.1) is 5.92 Å². The quantitative estimate of drug-likeness (QED) is 0.828. The van der Waals surface area contributed by atoms with Crippen LogP contribution in [0.1, 0.15) is 25.7 Å². The van der Waals surface area contributed by atoms with Crippen LogP contribution in [-0.2, 0) is 11.3 Å². The Hall–Kier alpha value is -0.980. The van der Waals surface area contributed by atoms with Gasteiger partial charge in [-0.05, 0) is 45.2 Å². The molecular formula is C16H27N5O. The molecule has 122 valence electrons. The second-order valence-electron chi connectivity index (χ2n) is 7.13. The first-order valence-electron chi connectivity index (χ1n) is 8.67. The highest BCUT2D eigenvalue weighted by Crippen LogP contribution is 2.36. The summed E-state index contributed by atoms with van der Waals surface area (Å²) in [6.07, 6.45) is 8.51. The summed E-state index contributed by atoms with van der Waals surface area (Å²) >= 11 is 0. The van der Waals surface area contributed by atoms with Crippen LogP contribution in [0.15, 0.2) is 12.7 Å². The van der Waals surface area contributed by atoms with E-state index in [1.54, 1.807) is 6.33 Å². The topological polar surface area (TPSA) is 46.4 Å². The number of aromatic nitrogens is 3. The Bertz CT molecular complexity index is 473. The predicted octanol–water partition coefficient (Wildman–Crippen LogP) is 0.852. The molecule has 0 aromatic carbocycles. The van der Waals surface area contributed by atoms with Crippen molar-refractivity contribution in [2.24, 2.45) is 5.92 Å². The number of likely N-dealkylation sites (N-methyl/N-ethyl adjacent to an activating group) is 1. The first-order chi connectivity index (χ1) is 10.8. The zero-order valence-electron chi connectivity index (χ0n) is 13.5. The van der Waals surface area contributed by atoms with Gasteiger partial charge in [0, 0.05) is 37.9 Å². The highest BCUT2D eigenvalue weighted by atomic mass is 16.5. The Morgan fingerprint density at radius 2 is 2.09 bits per heavy atom. The molecule has 3 atom stereocenters. The molecule has 4 heterocycles. The Morgan fingerprint density at radius 3 is 2.86 bits per heavy atom. The Kier molecular flexibility index (Phi) is 4.15. The summed E-state index contributed by atoms with van der Waals surface area (Å²) in [5, 5.41) is 4.27. The molecule has 6 heteroatoms. The zero-order chi connectivity index (χ0) is 14.9. The lowest BCUT2D eigenvalue weighted by atomic mass is 9.90. The molecule has 0 N–H and O–H groups in total. The Labute approximate surface area is 132 Å². The van der Waals surface area contributed by atoms with Gasteiger partial charge in [0.05, 0.1) is 6.54 Å². The zero-order valence-corrected chi connectivity index (χ0v) is 13.5. The van der Waals surface area contributed by atoms with Crippen molar-refractivity contribution in [2.75, 3.05) is 33.4 Å². The van der Waals surface area contributed by atoms with Crippen LogP contribution in [0.2, 0.25) is 0 Å². The molecule has 3 fully saturated rings. The van der Waals surface area contributed by atoms with Gasteiger partial charge in [-0.2, -0.15) is 5.10 Å². The molecule has 4 rings (SSSR count). The number of fused-ring (bicyclic) bond motifs is 1. The maximum absolute atomic E-state index is 5.52. The first-order valence-corrected chi connectivity index (χ1v) is 8.67. The molecule has 6 nitrogen and oxygen atoms in total. The summed E-state index contributed by atoms with van der Waals surface area (Å²) in [5.74, 6) is 0.815. The van der Waals surface area contributed by atoms with E-state index in [9.17, 15) is 0 Å². The minimum Gasteiger partial charge on any atom is -0.381 e. The molecule has 3 saturated heterocycles. The van der Waals surface area contributed by atoms with Crippen molar-refractivity contribution in [2.45, 2.75) is 50.4 Å². The van der Waals surface area contributed by atoms with Crippen molar-refractivity contribution in [3.63, 3.8) is 0 Å². The average Bonchev–Trinajstić information content (AvgIpc) is 3.17. The van der Waals surface area contributed by atoms with E-state index in [2.05, 4.69) is 26.9 Å². The van der Waals surface area contributed by atoms with Gasteiger partial charge in [-0.15, -0.1) is 0 Å². The molecule has 3 aliphatic rings. The third-order valence-electron chi connectivity index (χ3n) is 5.97. The number of piperidine rings is 1. The van der Waals surface area contributed by atoms with Crippen molar-refractivity contribution in [1.29, 1.82) is 0 Å². The van der Waals surface area contributed by atoms with E-state index in [1.165, 1.54) is 38.8 Å². The summed E-state index contributed by atoms with van der Waals surface area (Å²) in [6, 6.07) is 2.12. The lowest BCUT2D eigenvalue weighted by Gasteiger charge is -2.42. The lowest BCUT2D eigenvalue weighted by molar-refractivity contribution is 0.00928. The van der Waals surface area contributed by atoms with E-state index in [4.69, 9.17) is 4.74 Å². The highest BCUT2D eigenvalue weighted by molar-refractivity contribution is 4.97. The number of hydrogen-bond acceptors (Lipinski definition) is 5. The standard InChI is InChI=1S/C16H27N5O/c1-19-15(10-21-12-17-11-18-21)8-13-9-20(5-2-16(13)19)14-3-6-22-7-4-14/h11-16H,2-10H2,1H3/t13-,15+,16+/m0/s1. The van der Waals surface area contributed by atoms with E-state index in [0.29, 0.717) is 6.04 Å². The van der Waals surface area contributed by atoms with E-state index in [-0.39, 0.29) is 0 Å². The van der Waals surface area contributed by atoms with Gasteiger partial charge in [0.25, 0.3) is 0 Å². The largest absolute Gasteiger partial charge is 0.381 e. The fourth-order valence-corrected chi connectivity index (χ4v) is 4.73. The summed E-state index contributed by atoms with van der Waals surface area (Å²) in [5.41, 5.74) is 0. The van der Waals surface area contributed by atoms with Gasteiger partial charge in [-0.1, -0.05) is 0 Å². The van der Waals surface area contributed by atoms with Gasteiger partial charge < -0.3 is 4.74 Å². The molecular weight excluding hydrogens is 278 g/mol. The molecule has 0 unspecified atom stereocenters. The van der Waals surface area contributed by atoms with Crippen LogP contribution in [0.5, 0.6) is 0 Å². The normalized spacial score (nSPS) is 34.9. The second-order valence-corrected chi connectivity index (χ2v) is 7.13. The minimum absolute atomic E-state index is 0.603. The van der Waals surface area contributed by atoms with E-state index < -0.39 is 0 Å². The maximum atomic E-state index is 5.52. The number of rotatable bonds is 3. The van der Waals surface area contributed by atoms with Crippen LogP contribution in [0.3, 0.4) is 0 Å². The van der Waals surface area contributed by atoms with Gasteiger partial charge in [0.15, 0.2) is 0 Å². The first kappa shape index (κ1) is 14.6. The van der Waals surface area contributed by atoms with Crippen molar-refractivity contribution in [3.8, 4) is 0 Å². The molecule has 3 aliphatic heterocycles. The average molecular weight is 305 g/mol. The Balaban J connectivity index is 1.38. The molecule has 0 spiro atoms. The van der Waals surface area contributed by atoms with Crippen LogP contribution in [0.25, 0.3) is 0 Å². The van der Waals surface area contributed by atoms with Gasteiger partial charge >= 0.3 is 0 Å². The molecule has 0 saturated carbocycles. The molecule has 22 heavy (non-hydrogen) atoms. The van der Waals surface area contributed by atoms with Crippen LogP contribution >= 0.6 is 0 Å². The van der Waals surface area contributed by atoms with E-state index >= 15 is 0 Å². The number of likely N-dealkylation sites (tertiary alicyclic amines) is 2. The monoisotopic (exact) mass is 305 g/mol. The van der Waals surface area contributed by atoms with Gasteiger partial charge in [-0.25, -0.2) is 4.98 Å². The van der Waals surface area contributed by atoms with Crippen LogP contribution < -0.4 is 0 Å². The molecule has 0 radical (unpaired) electrons. The highest BCUT2D eigenvalue weighted by Gasteiger charge is 2.43. The van der Waals surface area contributed by atoms with Crippen LogP contribution in [-0.4, -0.2) is 76.0 Å². The van der Waals surface area contributed by atoms with E-state index in [0.717, 1.165) is 37.8 Å². The molecule has 0 bridgehead atoms. The van der Waals surface area contributed by atoms with Crippen molar-refractivity contribution >= 4 is 0 Å². The summed E-state index contributed by atoms with van der Waals surface area (Å²) < 4.78 is 7.50.